The van der Waals surface area contributed by atoms with Crippen molar-refractivity contribution < 1.29 is 4.79 Å². The third-order valence-electron chi connectivity index (χ3n) is 2.14. The highest BCUT2D eigenvalue weighted by atomic mass is 16.2. The van der Waals surface area contributed by atoms with E-state index in [4.69, 9.17) is 11.6 Å². The lowest BCUT2D eigenvalue weighted by atomic mass is 10.0. The van der Waals surface area contributed by atoms with E-state index >= 15 is 0 Å². The molecule has 1 amide bonds. The van der Waals surface area contributed by atoms with Crippen molar-refractivity contribution in [2.45, 2.75) is 13.0 Å². The van der Waals surface area contributed by atoms with Crippen molar-refractivity contribution in [3.05, 3.63) is 35.4 Å². The van der Waals surface area contributed by atoms with E-state index in [1.54, 1.807) is 0 Å². The molecular weight excluding hydrogens is 178 g/mol. The van der Waals surface area contributed by atoms with Crippen LogP contribution in [0.3, 0.4) is 0 Å². The molecule has 76 valence electrons. The van der Waals surface area contributed by atoms with Gasteiger partial charge in [0.2, 0.25) is 0 Å². The molecule has 0 aromatic heterocycles. The first-order valence-corrected chi connectivity index (χ1v) is 4.37. The molecule has 4 N–H and O–H groups in total. The number of likely N-dealkylation sites (N-methyl/N-ethyl adjacent to an activating group) is 1. The van der Waals surface area contributed by atoms with Crippen molar-refractivity contribution >= 4 is 5.91 Å². The Hall–Kier alpha value is -1.39. The van der Waals surface area contributed by atoms with Gasteiger partial charge in [-0.1, -0.05) is 24.3 Å². The van der Waals surface area contributed by atoms with E-state index in [1.807, 2.05) is 31.2 Å². The molecule has 0 saturated heterocycles. The SMILES string of the molecule is Cc1ccccc1C(N)C(=O)N(C)N. The smallest absolute Gasteiger partial charge is 0.257 e. The molecule has 1 atom stereocenters. The van der Waals surface area contributed by atoms with Gasteiger partial charge in [-0.2, -0.15) is 0 Å². The van der Waals surface area contributed by atoms with Gasteiger partial charge in [0.15, 0.2) is 0 Å². The summed E-state index contributed by atoms with van der Waals surface area (Å²) in [6, 6.07) is 6.83. The monoisotopic (exact) mass is 193 g/mol. The predicted molar refractivity (Wildman–Crippen MR) is 55.1 cm³/mol. The Balaban J connectivity index is 2.95. The fourth-order valence-corrected chi connectivity index (χ4v) is 1.29. The normalized spacial score (nSPS) is 12.3. The van der Waals surface area contributed by atoms with Crippen molar-refractivity contribution in [2.75, 3.05) is 7.05 Å². The van der Waals surface area contributed by atoms with Crippen LogP contribution in [0.2, 0.25) is 0 Å². The minimum absolute atomic E-state index is 0.292. The molecule has 0 aliphatic carbocycles. The first kappa shape index (κ1) is 10.7. The zero-order chi connectivity index (χ0) is 10.7. The highest BCUT2D eigenvalue weighted by Gasteiger charge is 2.18. The summed E-state index contributed by atoms with van der Waals surface area (Å²) in [4.78, 5) is 11.5. The number of carbonyl (C=O) groups excluding carboxylic acids is 1. The van der Waals surface area contributed by atoms with E-state index < -0.39 is 6.04 Å². The molecular formula is C10H15N3O. The van der Waals surface area contributed by atoms with Crippen LogP contribution in [0.5, 0.6) is 0 Å². The van der Waals surface area contributed by atoms with E-state index in [0.717, 1.165) is 16.1 Å². The molecule has 14 heavy (non-hydrogen) atoms. The zero-order valence-corrected chi connectivity index (χ0v) is 8.40. The number of benzene rings is 1. The lowest BCUT2D eigenvalue weighted by Gasteiger charge is -2.17. The number of nitrogens with two attached hydrogens (primary N) is 2. The second-order valence-electron chi connectivity index (χ2n) is 3.28. The van der Waals surface area contributed by atoms with Gasteiger partial charge in [0.05, 0.1) is 0 Å². The van der Waals surface area contributed by atoms with Crippen LogP contribution >= 0.6 is 0 Å². The van der Waals surface area contributed by atoms with Gasteiger partial charge in [-0.3, -0.25) is 9.80 Å². The number of hydrogen-bond donors (Lipinski definition) is 2. The summed E-state index contributed by atoms with van der Waals surface area (Å²) >= 11 is 0. The van der Waals surface area contributed by atoms with Crippen LogP contribution < -0.4 is 11.6 Å². The third kappa shape index (κ3) is 2.10. The molecule has 1 unspecified atom stereocenters. The van der Waals surface area contributed by atoms with Gasteiger partial charge in [-0.15, -0.1) is 0 Å². The summed E-state index contributed by atoms with van der Waals surface area (Å²) < 4.78 is 0. The summed E-state index contributed by atoms with van der Waals surface area (Å²) in [5, 5.41) is 1.01. The standard InChI is InChI=1S/C10H15N3O/c1-7-5-3-4-6-8(7)9(11)10(14)13(2)12/h3-6,9H,11-12H2,1-2H3. The maximum absolute atomic E-state index is 11.5. The summed E-state index contributed by atoms with van der Waals surface area (Å²) in [5.41, 5.74) is 7.58. The number of rotatable bonds is 2. The van der Waals surface area contributed by atoms with Crippen LogP contribution in [0.1, 0.15) is 17.2 Å². The number of nitrogens with zero attached hydrogens (tertiary/aromatic N) is 1. The van der Waals surface area contributed by atoms with Gasteiger partial charge in [0.1, 0.15) is 6.04 Å². The van der Waals surface area contributed by atoms with Gasteiger partial charge in [-0.05, 0) is 18.1 Å². The Morgan fingerprint density at radius 2 is 2.00 bits per heavy atom. The molecule has 0 aliphatic heterocycles. The minimum Gasteiger partial charge on any atom is -0.316 e. The van der Waals surface area contributed by atoms with E-state index in [2.05, 4.69) is 0 Å². The highest BCUT2D eigenvalue weighted by molar-refractivity contribution is 5.82. The van der Waals surface area contributed by atoms with Crippen LogP contribution in [0.25, 0.3) is 0 Å². The number of hydrogen-bond acceptors (Lipinski definition) is 3. The quantitative estimate of drug-likeness (QED) is 0.404. The fraction of sp³-hybridized carbons (Fsp3) is 0.300. The third-order valence-corrected chi connectivity index (χ3v) is 2.14. The van der Waals surface area contributed by atoms with Gasteiger partial charge in [-0.25, -0.2) is 5.84 Å². The summed E-state index contributed by atoms with van der Waals surface area (Å²) in [5.74, 6) is 5.04. The molecule has 0 saturated carbocycles. The minimum atomic E-state index is -0.675. The summed E-state index contributed by atoms with van der Waals surface area (Å²) in [6.07, 6.45) is 0. The van der Waals surface area contributed by atoms with Crippen LogP contribution in [-0.4, -0.2) is 18.0 Å². The average molecular weight is 193 g/mol. The van der Waals surface area contributed by atoms with Crippen molar-refractivity contribution in [2.24, 2.45) is 11.6 Å². The van der Waals surface area contributed by atoms with E-state index in [1.165, 1.54) is 7.05 Å². The van der Waals surface area contributed by atoms with Crippen LogP contribution in [-0.2, 0) is 4.79 Å². The molecule has 0 radical (unpaired) electrons. The first-order valence-electron chi connectivity index (χ1n) is 4.37. The van der Waals surface area contributed by atoms with Crippen LogP contribution in [0.4, 0.5) is 0 Å². The predicted octanol–water partition coefficient (Wildman–Crippen LogP) is 0.327. The van der Waals surface area contributed by atoms with Gasteiger partial charge in [0, 0.05) is 7.05 Å². The molecule has 0 spiro atoms. The number of hydrazine groups is 1. The Bertz CT molecular complexity index is 336. The zero-order valence-electron chi connectivity index (χ0n) is 8.40. The lowest BCUT2D eigenvalue weighted by Crippen LogP contribution is -2.40. The van der Waals surface area contributed by atoms with Crippen molar-refractivity contribution in [1.29, 1.82) is 0 Å². The number of amides is 1. The second-order valence-corrected chi connectivity index (χ2v) is 3.28. The maximum Gasteiger partial charge on any atom is 0.257 e. The topological polar surface area (TPSA) is 72.4 Å². The molecule has 0 aliphatic rings. The molecule has 4 nitrogen and oxygen atoms in total. The van der Waals surface area contributed by atoms with Gasteiger partial charge in [0.25, 0.3) is 5.91 Å². The Morgan fingerprint density at radius 1 is 1.43 bits per heavy atom. The Morgan fingerprint density at radius 3 is 2.50 bits per heavy atom. The highest BCUT2D eigenvalue weighted by Crippen LogP contribution is 2.15. The molecule has 0 bridgehead atoms. The molecule has 4 heteroatoms. The Kier molecular flexibility index (Phi) is 3.22. The van der Waals surface area contributed by atoms with Crippen molar-refractivity contribution in [1.82, 2.24) is 5.01 Å². The number of aryl methyl sites for hydroxylation is 1. The molecule has 1 aromatic carbocycles. The van der Waals surface area contributed by atoms with Crippen molar-refractivity contribution in [3.63, 3.8) is 0 Å². The molecule has 0 fully saturated rings. The van der Waals surface area contributed by atoms with Gasteiger partial charge < -0.3 is 5.73 Å². The fourth-order valence-electron chi connectivity index (χ4n) is 1.29. The summed E-state index contributed by atoms with van der Waals surface area (Å²) in [7, 11) is 1.49. The average Bonchev–Trinajstić information content (AvgIpc) is 2.16. The van der Waals surface area contributed by atoms with E-state index in [9.17, 15) is 4.79 Å². The van der Waals surface area contributed by atoms with Crippen molar-refractivity contribution in [3.8, 4) is 0 Å². The number of carbonyl (C=O) groups is 1. The maximum atomic E-state index is 11.5. The second kappa shape index (κ2) is 4.21. The van der Waals surface area contributed by atoms with Gasteiger partial charge >= 0.3 is 0 Å². The molecule has 1 aromatic rings. The Labute approximate surface area is 83.5 Å². The van der Waals surface area contributed by atoms with E-state index in [0.29, 0.717) is 0 Å². The summed E-state index contributed by atoms with van der Waals surface area (Å²) in [6.45, 7) is 1.92. The molecule has 0 heterocycles. The first-order chi connectivity index (χ1) is 6.54. The van der Waals surface area contributed by atoms with Crippen LogP contribution in [0.15, 0.2) is 24.3 Å². The molecule has 1 rings (SSSR count). The largest absolute Gasteiger partial charge is 0.316 e. The van der Waals surface area contributed by atoms with Crippen LogP contribution in [0, 0.1) is 6.92 Å². The lowest BCUT2D eigenvalue weighted by molar-refractivity contribution is -0.131. The van der Waals surface area contributed by atoms with E-state index in [-0.39, 0.29) is 5.91 Å².